The smallest absolute Gasteiger partial charge is 0.270 e. The first-order valence-electron chi connectivity index (χ1n) is 10.3. The lowest BCUT2D eigenvalue weighted by Crippen LogP contribution is -2.42. The molecule has 0 unspecified atom stereocenters. The molecule has 2 aromatic heterocycles. The van der Waals surface area contributed by atoms with E-state index in [4.69, 9.17) is 4.98 Å². The molecule has 0 radical (unpaired) electrons. The third-order valence-electron chi connectivity index (χ3n) is 6.12. The summed E-state index contributed by atoms with van der Waals surface area (Å²) in [5.41, 5.74) is 1.94. The minimum atomic E-state index is -3.25. The van der Waals surface area contributed by atoms with E-state index in [1.807, 2.05) is 6.07 Å². The Morgan fingerprint density at radius 2 is 1.90 bits per heavy atom. The molecule has 1 saturated carbocycles. The predicted molar refractivity (Wildman–Crippen MR) is 120 cm³/mol. The second kappa shape index (κ2) is 7.64. The van der Waals surface area contributed by atoms with Gasteiger partial charge in [-0.05, 0) is 56.0 Å². The molecule has 8 nitrogen and oxygen atoms in total. The van der Waals surface area contributed by atoms with Crippen LogP contribution in [0.1, 0.15) is 43.1 Å². The summed E-state index contributed by atoms with van der Waals surface area (Å²) in [6.07, 6.45) is 6.98. The molecule has 0 bridgehead atoms. The molecule has 2 heterocycles. The standard InChI is InChI=1S/C22H27N5O3S/c1-5-22(11-6-12-22)27-18(20(28)26(2)3)13-15-14-23-21(25-19(15)27)24-16-7-9-17(10-8-16)31(4,29)30/h7-10,13-14H,5-6,11-12H2,1-4H3,(H,23,24,25). The van der Waals surface area contributed by atoms with Gasteiger partial charge in [0.15, 0.2) is 9.84 Å². The molecular weight excluding hydrogens is 414 g/mol. The van der Waals surface area contributed by atoms with E-state index in [-0.39, 0.29) is 16.3 Å². The number of amides is 1. The van der Waals surface area contributed by atoms with Crippen LogP contribution in [0.2, 0.25) is 0 Å². The number of hydrogen-bond acceptors (Lipinski definition) is 6. The second-order valence-electron chi connectivity index (χ2n) is 8.39. The molecule has 1 aliphatic rings. The fourth-order valence-electron chi connectivity index (χ4n) is 4.15. The van der Waals surface area contributed by atoms with Gasteiger partial charge in [-0.2, -0.15) is 4.98 Å². The van der Waals surface area contributed by atoms with Gasteiger partial charge in [-0.15, -0.1) is 0 Å². The minimum Gasteiger partial charge on any atom is -0.343 e. The van der Waals surface area contributed by atoms with Crippen molar-refractivity contribution in [2.24, 2.45) is 0 Å². The van der Waals surface area contributed by atoms with Crippen molar-refractivity contribution in [1.29, 1.82) is 0 Å². The Hall–Kier alpha value is -2.94. The van der Waals surface area contributed by atoms with E-state index in [1.165, 1.54) is 6.26 Å². The highest BCUT2D eigenvalue weighted by molar-refractivity contribution is 7.90. The van der Waals surface area contributed by atoms with Gasteiger partial charge in [-0.25, -0.2) is 13.4 Å². The van der Waals surface area contributed by atoms with Crippen LogP contribution in [0.5, 0.6) is 0 Å². The van der Waals surface area contributed by atoms with Crippen molar-refractivity contribution >= 4 is 38.4 Å². The van der Waals surface area contributed by atoms with E-state index in [1.54, 1.807) is 49.5 Å². The van der Waals surface area contributed by atoms with E-state index in [0.29, 0.717) is 17.3 Å². The average Bonchev–Trinajstić information content (AvgIpc) is 3.06. The monoisotopic (exact) mass is 441 g/mol. The molecule has 0 saturated heterocycles. The normalized spacial score (nSPS) is 15.5. The van der Waals surface area contributed by atoms with Crippen molar-refractivity contribution in [2.75, 3.05) is 25.7 Å². The fraction of sp³-hybridized carbons (Fsp3) is 0.409. The van der Waals surface area contributed by atoms with E-state index in [2.05, 4.69) is 21.8 Å². The minimum absolute atomic E-state index is 0.0522. The first-order valence-corrected chi connectivity index (χ1v) is 12.2. The van der Waals surface area contributed by atoms with Crippen molar-refractivity contribution in [2.45, 2.75) is 43.0 Å². The van der Waals surface area contributed by atoms with Crippen molar-refractivity contribution in [1.82, 2.24) is 19.4 Å². The Morgan fingerprint density at radius 1 is 1.23 bits per heavy atom. The van der Waals surface area contributed by atoms with Gasteiger partial charge in [0.1, 0.15) is 11.3 Å². The number of hydrogen-bond donors (Lipinski definition) is 1. The number of rotatable bonds is 6. The van der Waals surface area contributed by atoms with Gasteiger partial charge in [0.2, 0.25) is 5.95 Å². The zero-order chi connectivity index (χ0) is 22.4. The number of nitrogens with one attached hydrogen (secondary N) is 1. The number of nitrogens with zero attached hydrogens (tertiary/aromatic N) is 4. The predicted octanol–water partition coefficient (Wildman–Crippen LogP) is 3.57. The molecule has 31 heavy (non-hydrogen) atoms. The van der Waals surface area contributed by atoms with Gasteiger partial charge < -0.3 is 14.8 Å². The van der Waals surface area contributed by atoms with Crippen LogP contribution >= 0.6 is 0 Å². The Bertz CT molecular complexity index is 1240. The second-order valence-corrected chi connectivity index (χ2v) is 10.4. The Labute approximate surface area is 182 Å². The molecule has 0 atom stereocenters. The van der Waals surface area contributed by atoms with Crippen LogP contribution in [-0.2, 0) is 15.4 Å². The number of aromatic nitrogens is 3. The van der Waals surface area contributed by atoms with Crippen LogP contribution in [0.15, 0.2) is 41.4 Å². The first kappa shape index (κ1) is 21.3. The number of anilines is 2. The highest BCUT2D eigenvalue weighted by Crippen LogP contribution is 2.45. The topological polar surface area (TPSA) is 97.2 Å². The lowest BCUT2D eigenvalue weighted by Gasteiger charge is -2.44. The van der Waals surface area contributed by atoms with E-state index in [0.717, 1.165) is 36.7 Å². The average molecular weight is 442 g/mol. The summed E-state index contributed by atoms with van der Waals surface area (Å²) >= 11 is 0. The van der Waals surface area contributed by atoms with Crippen molar-refractivity contribution < 1.29 is 13.2 Å². The molecular formula is C22H27N5O3S. The van der Waals surface area contributed by atoms with Gasteiger partial charge in [-0.1, -0.05) is 6.92 Å². The zero-order valence-electron chi connectivity index (χ0n) is 18.2. The highest BCUT2D eigenvalue weighted by Gasteiger charge is 2.41. The summed E-state index contributed by atoms with van der Waals surface area (Å²) in [5.74, 6) is 0.344. The maximum atomic E-state index is 12.9. The Balaban J connectivity index is 1.77. The van der Waals surface area contributed by atoms with Gasteiger partial charge in [0.25, 0.3) is 5.91 Å². The Kier molecular flexibility index (Phi) is 5.25. The van der Waals surface area contributed by atoms with Gasteiger partial charge in [0.05, 0.1) is 4.90 Å². The Morgan fingerprint density at radius 3 is 2.42 bits per heavy atom. The number of carbonyl (C=O) groups is 1. The third kappa shape index (κ3) is 3.78. The molecule has 0 spiro atoms. The molecule has 9 heteroatoms. The van der Waals surface area contributed by atoms with Crippen molar-refractivity contribution in [3.05, 3.63) is 42.2 Å². The molecule has 3 aromatic rings. The molecule has 0 aliphatic heterocycles. The summed E-state index contributed by atoms with van der Waals surface area (Å²) in [6.45, 7) is 2.15. The van der Waals surface area contributed by atoms with Crippen LogP contribution in [0.4, 0.5) is 11.6 Å². The highest BCUT2D eigenvalue weighted by atomic mass is 32.2. The van der Waals surface area contributed by atoms with E-state index in [9.17, 15) is 13.2 Å². The maximum absolute atomic E-state index is 12.9. The quantitative estimate of drug-likeness (QED) is 0.628. The molecule has 4 rings (SSSR count). The zero-order valence-corrected chi connectivity index (χ0v) is 19.0. The van der Waals surface area contributed by atoms with Crippen LogP contribution < -0.4 is 5.32 Å². The van der Waals surface area contributed by atoms with Gasteiger partial charge in [0, 0.05) is 43.2 Å². The van der Waals surface area contributed by atoms with Gasteiger partial charge in [-0.3, -0.25) is 4.79 Å². The lowest BCUT2D eigenvalue weighted by molar-refractivity contribution is 0.0780. The maximum Gasteiger partial charge on any atom is 0.270 e. The first-order chi connectivity index (χ1) is 14.6. The van der Waals surface area contributed by atoms with E-state index < -0.39 is 9.84 Å². The van der Waals surface area contributed by atoms with Crippen LogP contribution in [0.25, 0.3) is 11.0 Å². The number of sulfone groups is 1. The molecule has 1 amide bonds. The summed E-state index contributed by atoms with van der Waals surface area (Å²) in [4.78, 5) is 23.9. The van der Waals surface area contributed by atoms with Crippen molar-refractivity contribution in [3.63, 3.8) is 0 Å². The van der Waals surface area contributed by atoms with Crippen LogP contribution in [0.3, 0.4) is 0 Å². The molecule has 1 fully saturated rings. The van der Waals surface area contributed by atoms with Crippen molar-refractivity contribution in [3.8, 4) is 0 Å². The summed E-state index contributed by atoms with van der Waals surface area (Å²) in [7, 11) is 0.252. The summed E-state index contributed by atoms with van der Waals surface area (Å²) in [5, 5.41) is 3.97. The molecule has 1 aliphatic carbocycles. The number of fused-ring (bicyclic) bond motifs is 1. The molecule has 164 valence electrons. The van der Waals surface area contributed by atoms with Gasteiger partial charge >= 0.3 is 0 Å². The number of carbonyl (C=O) groups excluding carboxylic acids is 1. The summed E-state index contributed by atoms with van der Waals surface area (Å²) in [6, 6.07) is 8.34. The van der Waals surface area contributed by atoms with Crippen LogP contribution in [0, 0.1) is 0 Å². The van der Waals surface area contributed by atoms with E-state index >= 15 is 0 Å². The largest absolute Gasteiger partial charge is 0.343 e. The lowest BCUT2D eigenvalue weighted by atomic mass is 9.74. The van der Waals surface area contributed by atoms with Crippen LogP contribution in [-0.4, -0.2) is 54.1 Å². The third-order valence-corrected chi connectivity index (χ3v) is 7.25. The SMILES string of the molecule is CCC1(n2c(C(=O)N(C)C)cc3cnc(Nc4ccc(S(C)(=O)=O)cc4)nc32)CCC1. The fourth-order valence-corrected chi connectivity index (χ4v) is 4.78. The molecule has 1 N–H and O–H groups in total. The molecule has 1 aromatic carbocycles. The summed E-state index contributed by atoms with van der Waals surface area (Å²) < 4.78 is 25.4. The number of benzene rings is 1.